The van der Waals surface area contributed by atoms with E-state index in [2.05, 4.69) is 0 Å². The molecule has 2 aliphatic rings. The smallest absolute Gasteiger partial charge is 0.304 e. The van der Waals surface area contributed by atoms with E-state index in [0.29, 0.717) is 13.0 Å². The monoisotopic (exact) mass is 233 g/mol. The third kappa shape index (κ3) is 2.15. The maximum Gasteiger partial charge on any atom is 0.304 e. The SMILES string of the molecule is CC(=O)O[C@H]1CCC[C@H]2CN1S(=O)(=O)C2. The predicted octanol–water partition coefficient (Wildman–Crippen LogP) is 0.321. The molecule has 2 aliphatic heterocycles. The van der Waals surface area contributed by atoms with Gasteiger partial charge in [-0.15, -0.1) is 0 Å². The molecular weight excluding hydrogens is 218 g/mol. The molecule has 2 fully saturated rings. The molecule has 15 heavy (non-hydrogen) atoms. The van der Waals surface area contributed by atoms with Crippen molar-refractivity contribution in [2.45, 2.75) is 32.4 Å². The summed E-state index contributed by atoms with van der Waals surface area (Å²) in [6.45, 7) is 1.82. The van der Waals surface area contributed by atoms with Crippen LogP contribution < -0.4 is 0 Å². The second kappa shape index (κ2) is 3.75. The molecule has 2 bridgehead atoms. The summed E-state index contributed by atoms with van der Waals surface area (Å²) in [6.07, 6.45) is 1.89. The van der Waals surface area contributed by atoms with Gasteiger partial charge in [-0.3, -0.25) is 4.79 Å². The Morgan fingerprint density at radius 1 is 1.40 bits per heavy atom. The Balaban J connectivity index is 2.20. The van der Waals surface area contributed by atoms with Gasteiger partial charge in [0.15, 0.2) is 6.23 Å². The highest BCUT2D eigenvalue weighted by atomic mass is 32.2. The van der Waals surface area contributed by atoms with Gasteiger partial charge in [0.25, 0.3) is 0 Å². The molecule has 6 heteroatoms. The molecule has 3 atom stereocenters. The number of nitrogens with zero attached hydrogens (tertiary/aromatic N) is 1. The average molecular weight is 233 g/mol. The summed E-state index contributed by atoms with van der Waals surface area (Å²) in [6, 6.07) is 0. The lowest BCUT2D eigenvalue weighted by Crippen LogP contribution is -2.39. The van der Waals surface area contributed by atoms with Gasteiger partial charge in [0, 0.05) is 13.5 Å². The Kier molecular flexibility index (Phi) is 2.72. The van der Waals surface area contributed by atoms with Gasteiger partial charge in [0.05, 0.1) is 5.75 Å². The average Bonchev–Trinajstić information content (AvgIpc) is 2.28. The molecule has 0 spiro atoms. The number of carbonyl (C=O) groups excluding carboxylic acids is 1. The lowest BCUT2D eigenvalue weighted by molar-refractivity contribution is -0.152. The van der Waals surface area contributed by atoms with Crippen molar-refractivity contribution in [3.63, 3.8) is 0 Å². The third-order valence-corrected chi connectivity index (χ3v) is 4.92. The van der Waals surface area contributed by atoms with Crippen molar-refractivity contribution in [1.82, 2.24) is 4.31 Å². The maximum atomic E-state index is 11.7. The zero-order chi connectivity index (χ0) is 11.1. The Hall–Kier alpha value is -0.620. The van der Waals surface area contributed by atoms with Crippen molar-refractivity contribution in [3.05, 3.63) is 0 Å². The van der Waals surface area contributed by atoms with E-state index >= 15 is 0 Å². The fourth-order valence-corrected chi connectivity index (χ4v) is 4.32. The number of hydrogen-bond donors (Lipinski definition) is 0. The summed E-state index contributed by atoms with van der Waals surface area (Å²) in [5, 5.41) is 0. The largest absolute Gasteiger partial charge is 0.446 e. The van der Waals surface area contributed by atoms with E-state index in [0.717, 1.165) is 12.8 Å². The van der Waals surface area contributed by atoms with Crippen LogP contribution >= 0.6 is 0 Å². The molecule has 2 rings (SSSR count). The van der Waals surface area contributed by atoms with Gasteiger partial charge in [-0.05, 0) is 25.2 Å². The van der Waals surface area contributed by atoms with Crippen LogP contribution in [0.2, 0.25) is 0 Å². The highest BCUT2D eigenvalue weighted by Crippen LogP contribution is 2.32. The van der Waals surface area contributed by atoms with Crippen molar-refractivity contribution in [1.29, 1.82) is 0 Å². The molecule has 0 saturated carbocycles. The van der Waals surface area contributed by atoms with E-state index in [1.165, 1.54) is 11.2 Å². The Labute approximate surface area is 89.4 Å². The van der Waals surface area contributed by atoms with Crippen LogP contribution in [0, 0.1) is 5.92 Å². The number of ether oxygens (including phenoxy) is 1. The molecule has 2 saturated heterocycles. The van der Waals surface area contributed by atoms with E-state index in [9.17, 15) is 13.2 Å². The fraction of sp³-hybridized carbons (Fsp3) is 0.889. The van der Waals surface area contributed by atoms with E-state index in [1.54, 1.807) is 0 Å². The Morgan fingerprint density at radius 2 is 2.13 bits per heavy atom. The fourth-order valence-electron chi connectivity index (χ4n) is 2.32. The molecule has 5 nitrogen and oxygen atoms in total. The summed E-state index contributed by atoms with van der Waals surface area (Å²) in [7, 11) is -3.19. The highest BCUT2D eigenvalue weighted by Gasteiger charge is 2.43. The first kappa shape index (κ1) is 10.9. The molecule has 1 unspecified atom stereocenters. The first-order chi connectivity index (χ1) is 6.99. The molecule has 0 N–H and O–H groups in total. The molecule has 86 valence electrons. The summed E-state index contributed by atoms with van der Waals surface area (Å²) in [4.78, 5) is 10.9. The molecule has 0 radical (unpaired) electrons. The van der Waals surface area contributed by atoms with Crippen LogP contribution in [0.15, 0.2) is 0 Å². The zero-order valence-electron chi connectivity index (χ0n) is 8.68. The number of hydrogen-bond acceptors (Lipinski definition) is 4. The molecule has 0 amide bonds. The lowest BCUT2D eigenvalue weighted by Gasteiger charge is -2.24. The van der Waals surface area contributed by atoms with Gasteiger partial charge in [0.2, 0.25) is 10.0 Å². The Morgan fingerprint density at radius 3 is 2.80 bits per heavy atom. The molecule has 0 aromatic rings. The van der Waals surface area contributed by atoms with Crippen LogP contribution in [0.4, 0.5) is 0 Å². The van der Waals surface area contributed by atoms with Crippen LogP contribution in [-0.4, -0.2) is 37.2 Å². The van der Waals surface area contributed by atoms with E-state index in [4.69, 9.17) is 4.74 Å². The van der Waals surface area contributed by atoms with Gasteiger partial charge < -0.3 is 4.74 Å². The highest BCUT2D eigenvalue weighted by molar-refractivity contribution is 7.89. The quantitative estimate of drug-likeness (QED) is 0.612. The second-order valence-electron chi connectivity index (χ2n) is 4.21. The second-order valence-corrected chi connectivity index (χ2v) is 6.18. The van der Waals surface area contributed by atoms with Crippen LogP contribution in [0.3, 0.4) is 0 Å². The minimum atomic E-state index is -3.19. The summed E-state index contributed by atoms with van der Waals surface area (Å²) in [5.41, 5.74) is 0. The minimum absolute atomic E-state index is 0.213. The molecular formula is C9H15NO4S. The van der Waals surface area contributed by atoms with Crippen LogP contribution in [0.5, 0.6) is 0 Å². The molecule has 0 aromatic heterocycles. The van der Waals surface area contributed by atoms with E-state index in [1.807, 2.05) is 0 Å². The molecule has 0 aromatic carbocycles. The van der Waals surface area contributed by atoms with Crippen LogP contribution in [0.25, 0.3) is 0 Å². The molecule has 2 heterocycles. The van der Waals surface area contributed by atoms with Gasteiger partial charge in [0.1, 0.15) is 0 Å². The summed E-state index contributed by atoms with van der Waals surface area (Å²) < 4.78 is 29.8. The number of sulfonamides is 1. The first-order valence-electron chi connectivity index (χ1n) is 5.16. The van der Waals surface area contributed by atoms with Crippen molar-refractivity contribution in [3.8, 4) is 0 Å². The van der Waals surface area contributed by atoms with Gasteiger partial charge in [-0.2, -0.15) is 4.31 Å². The minimum Gasteiger partial charge on any atom is -0.446 e. The summed E-state index contributed by atoms with van der Waals surface area (Å²) >= 11 is 0. The van der Waals surface area contributed by atoms with Crippen molar-refractivity contribution in [2.75, 3.05) is 12.3 Å². The molecule has 0 aliphatic carbocycles. The summed E-state index contributed by atoms with van der Waals surface area (Å²) in [5.74, 6) is 0.0150. The van der Waals surface area contributed by atoms with Crippen molar-refractivity contribution < 1.29 is 17.9 Å². The standard InChI is InChI=1S/C9H15NO4S/c1-7(11)14-9-4-2-3-8-5-10(9)15(12,13)6-8/h8-9H,2-6H2,1H3/t8-,9-/m0/s1. The van der Waals surface area contributed by atoms with E-state index in [-0.39, 0.29) is 11.7 Å². The number of fused-ring (bicyclic) bond motifs is 2. The van der Waals surface area contributed by atoms with Crippen molar-refractivity contribution >= 4 is 16.0 Å². The predicted molar refractivity (Wildman–Crippen MR) is 53.4 cm³/mol. The van der Waals surface area contributed by atoms with Gasteiger partial charge in [-0.25, -0.2) is 8.42 Å². The third-order valence-electron chi connectivity index (χ3n) is 2.93. The number of carbonyl (C=O) groups is 1. The number of rotatable bonds is 1. The maximum absolute atomic E-state index is 11.7. The topological polar surface area (TPSA) is 63.7 Å². The van der Waals surface area contributed by atoms with Crippen molar-refractivity contribution in [2.24, 2.45) is 5.92 Å². The Bertz CT molecular complexity index is 364. The lowest BCUT2D eigenvalue weighted by atomic mass is 10.1. The number of esters is 1. The zero-order valence-corrected chi connectivity index (χ0v) is 9.50. The normalized spacial score (nSPS) is 38.3. The van der Waals surface area contributed by atoms with E-state index < -0.39 is 22.2 Å². The van der Waals surface area contributed by atoms with Gasteiger partial charge >= 0.3 is 5.97 Å². The van der Waals surface area contributed by atoms with Crippen LogP contribution in [0.1, 0.15) is 26.2 Å². The first-order valence-corrected chi connectivity index (χ1v) is 6.77. The van der Waals surface area contributed by atoms with Gasteiger partial charge in [-0.1, -0.05) is 0 Å². The van der Waals surface area contributed by atoms with Crippen LogP contribution in [-0.2, 0) is 19.6 Å².